The zero-order valence-electron chi connectivity index (χ0n) is 12.2. The van der Waals surface area contributed by atoms with Crippen molar-refractivity contribution >= 4 is 30.0 Å². The monoisotopic (exact) mass is 312 g/mol. The zero-order chi connectivity index (χ0) is 14.5. The topological polar surface area (TPSA) is 73.5 Å². The molecule has 0 radical (unpaired) electrons. The lowest BCUT2D eigenvalue weighted by Crippen LogP contribution is -2.48. The van der Waals surface area contributed by atoms with Crippen LogP contribution in [-0.4, -0.2) is 50.6 Å². The van der Waals surface area contributed by atoms with Crippen LogP contribution in [0.25, 0.3) is 0 Å². The highest BCUT2D eigenvalue weighted by atomic mass is 35.5. The van der Waals surface area contributed by atoms with Crippen molar-refractivity contribution in [3.63, 3.8) is 0 Å². The Labute approximate surface area is 130 Å². The summed E-state index contributed by atoms with van der Waals surface area (Å²) in [6.07, 6.45) is 0. The smallest absolute Gasteiger partial charge is 0.321 e. The number of hydrogen-bond donors (Lipinski definition) is 3. The minimum absolute atomic E-state index is 0. The van der Waals surface area contributed by atoms with Gasteiger partial charge < -0.3 is 20.9 Å². The van der Waals surface area contributed by atoms with Crippen LogP contribution in [0.1, 0.15) is 10.4 Å². The van der Waals surface area contributed by atoms with E-state index >= 15 is 0 Å². The van der Waals surface area contributed by atoms with Crippen LogP contribution in [0.2, 0.25) is 0 Å². The molecule has 3 N–H and O–H groups in total. The minimum Gasteiger partial charge on any atom is -0.352 e. The Bertz CT molecular complexity index is 504. The molecule has 2 rings (SSSR count). The van der Waals surface area contributed by atoms with E-state index in [9.17, 15) is 9.59 Å². The fourth-order valence-electron chi connectivity index (χ4n) is 1.81. The largest absolute Gasteiger partial charge is 0.352 e. The molecule has 1 aliphatic heterocycles. The summed E-state index contributed by atoms with van der Waals surface area (Å²) in [7, 11) is 3.33. The van der Waals surface area contributed by atoms with Crippen molar-refractivity contribution in [2.24, 2.45) is 5.92 Å². The number of anilines is 1. The average Bonchev–Trinajstić information content (AvgIpc) is 2.37. The summed E-state index contributed by atoms with van der Waals surface area (Å²) in [5, 5.41) is 8.79. The number of amides is 3. The molecular weight excluding hydrogens is 292 g/mol. The molecule has 1 heterocycles. The Hall–Kier alpha value is -1.79. The van der Waals surface area contributed by atoms with Gasteiger partial charge in [0, 0.05) is 50.9 Å². The second-order valence-corrected chi connectivity index (χ2v) is 5.14. The van der Waals surface area contributed by atoms with E-state index < -0.39 is 0 Å². The third kappa shape index (κ3) is 4.91. The first-order valence-corrected chi connectivity index (χ1v) is 6.63. The zero-order valence-corrected chi connectivity index (χ0v) is 13.0. The first-order valence-electron chi connectivity index (χ1n) is 6.63. The van der Waals surface area contributed by atoms with Gasteiger partial charge in [0.15, 0.2) is 0 Å². The fraction of sp³-hybridized carbons (Fsp3) is 0.429. The van der Waals surface area contributed by atoms with E-state index in [1.807, 2.05) is 0 Å². The number of urea groups is 1. The number of nitrogens with one attached hydrogen (secondary N) is 3. The third-order valence-electron chi connectivity index (χ3n) is 3.20. The van der Waals surface area contributed by atoms with Gasteiger partial charge >= 0.3 is 6.03 Å². The fourth-order valence-corrected chi connectivity index (χ4v) is 1.81. The van der Waals surface area contributed by atoms with E-state index in [0.29, 0.717) is 23.7 Å². The maximum absolute atomic E-state index is 12.0. The van der Waals surface area contributed by atoms with Gasteiger partial charge in [-0.3, -0.25) is 4.79 Å². The van der Waals surface area contributed by atoms with Crippen LogP contribution in [0, 0.1) is 5.92 Å². The normalized spacial score (nSPS) is 13.6. The van der Waals surface area contributed by atoms with Crippen molar-refractivity contribution in [1.82, 2.24) is 15.5 Å². The Morgan fingerprint density at radius 3 is 2.62 bits per heavy atom. The van der Waals surface area contributed by atoms with Crippen LogP contribution in [0.3, 0.4) is 0 Å². The van der Waals surface area contributed by atoms with Gasteiger partial charge in [0.1, 0.15) is 0 Å². The summed E-state index contributed by atoms with van der Waals surface area (Å²) in [6.45, 7) is 2.60. The standard InChI is InChI=1S/C14H20N4O2.ClH/c1-18(2)14(20)17-12-5-3-4-11(6-12)13(19)16-9-10-7-15-8-10;/h3-6,10,15H,7-9H2,1-2H3,(H,16,19)(H,17,20);1H. The van der Waals surface area contributed by atoms with Crippen LogP contribution < -0.4 is 16.0 Å². The summed E-state index contributed by atoms with van der Waals surface area (Å²) in [4.78, 5) is 25.0. The van der Waals surface area contributed by atoms with Crippen molar-refractivity contribution in [3.8, 4) is 0 Å². The molecule has 0 unspecified atom stereocenters. The Morgan fingerprint density at radius 2 is 2.05 bits per heavy atom. The summed E-state index contributed by atoms with van der Waals surface area (Å²) in [5.74, 6) is 0.411. The number of carbonyl (C=O) groups is 2. The van der Waals surface area contributed by atoms with Crippen LogP contribution >= 0.6 is 12.4 Å². The maximum atomic E-state index is 12.0. The lowest BCUT2D eigenvalue weighted by atomic mass is 10.0. The number of carbonyl (C=O) groups excluding carboxylic acids is 2. The van der Waals surface area contributed by atoms with Crippen molar-refractivity contribution in [2.75, 3.05) is 39.0 Å². The SMILES string of the molecule is CN(C)C(=O)Nc1cccc(C(=O)NCC2CNC2)c1.Cl. The molecule has 0 aromatic heterocycles. The van der Waals surface area contributed by atoms with Crippen molar-refractivity contribution in [2.45, 2.75) is 0 Å². The van der Waals surface area contributed by atoms with E-state index in [0.717, 1.165) is 13.1 Å². The van der Waals surface area contributed by atoms with Crippen LogP contribution in [0.15, 0.2) is 24.3 Å². The Morgan fingerprint density at radius 1 is 1.33 bits per heavy atom. The highest BCUT2D eigenvalue weighted by Crippen LogP contribution is 2.11. The molecular formula is C14H21ClN4O2. The molecule has 116 valence electrons. The van der Waals surface area contributed by atoms with Gasteiger partial charge in [-0.25, -0.2) is 4.79 Å². The van der Waals surface area contributed by atoms with Gasteiger partial charge in [-0.1, -0.05) is 6.07 Å². The highest BCUT2D eigenvalue weighted by Gasteiger charge is 2.17. The summed E-state index contributed by atoms with van der Waals surface area (Å²) >= 11 is 0. The average molecular weight is 313 g/mol. The quantitative estimate of drug-likeness (QED) is 0.781. The maximum Gasteiger partial charge on any atom is 0.321 e. The molecule has 0 bridgehead atoms. The number of nitrogens with zero attached hydrogens (tertiary/aromatic N) is 1. The van der Waals surface area contributed by atoms with E-state index in [4.69, 9.17) is 0 Å². The van der Waals surface area contributed by atoms with Gasteiger partial charge in [-0.2, -0.15) is 0 Å². The molecule has 0 atom stereocenters. The van der Waals surface area contributed by atoms with Gasteiger partial charge in [-0.05, 0) is 18.2 Å². The lowest BCUT2D eigenvalue weighted by molar-refractivity contribution is 0.0942. The number of halogens is 1. The predicted molar refractivity (Wildman–Crippen MR) is 85.1 cm³/mol. The third-order valence-corrected chi connectivity index (χ3v) is 3.20. The first-order chi connectivity index (χ1) is 9.56. The lowest BCUT2D eigenvalue weighted by Gasteiger charge is -2.27. The second kappa shape index (κ2) is 7.85. The van der Waals surface area contributed by atoms with Crippen LogP contribution in [0.5, 0.6) is 0 Å². The minimum atomic E-state index is -0.219. The Kier molecular flexibility index (Phi) is 6.45. The van der Waals surface area contributed by atoms with E-state index in [2.05, 4.69) is 16.0 Å². The molecule has 0 spiro atoms. The van der Waals surface area contributed by atoms with E-state index in [1.54, 1.807) is 38.4 Å². The highest BCUT2D eigenvalue weighted by molar-refractivity contribution is 5.96. The van der Waals surface area contributed by atoms with Crippen molar-refractivity contribution in [3.05, 3.63) is 29.8 Å². The van der Waals surface area contributed by atoms with E-state index in [-0.39, 0.29) is 24.3 Å². The molecule has 1 saturated heterocycles. The van der Waals surface area contributed by atoms with Gasteiger partial charge in [-0.15, -0.1) is 12.4 Å². The molecule has 1 aromatic carbocycles. The summed E-state index contributed by atoms with van der Waals surface area (Å²) in [6, 6.07) is 6.71. The molecule has 1 aliphatic rings. The van der Waals surface area contributed by atoms with Gasteiger partial charge in [0.05, 0.1) is 0 Å². The second-order valence-electron chi connectivity index (χ2n) is 5.14. The molecule has 1 fully saturated rings. The molecule has 3 amide bonds. The van der Waals surface area contributed by atoms with Gasteiger partial charge in [0.2, 0.25) is 0 Å². The number of rotatable bonds is 4. The van der Waals surface area contributed by atoms with Crippen LogP contribution in [-0.2, 0) is 0 Å². The Balaban J connectivity index is 0.00000220. The number of hydrogen-bond acceptors (Lipinski definition) is 3. The first kappa shape index (κ1) is 17.3. The molecule has 0 saturated carbocycles. The number of benzene rings is 1. The molecule has 6 nitrogen and oxygen atoms in total. The summed E-state index contributed by atoms with van der Waals surface area (Å²) in [5.41, 5.74) is 1.16. The van der Waals surface area contributed by atoms with E-state index in [1.165, 1.54) is 4.90 Å². The van der Waals surface area contributed by atoms with Crippen molar-refractivity contribution in [1.29, 1.82) is 0 Å². The summed E-state index contributed by atoms with van der Waals surface area (Å²) < 4.78 is 0. The molecule has 1 aromatic rings. The van der Waals surface area contributed by atoms with Gasteiger partial charge in [0.25, 0.3) is 5.91 Å². The predicted octanol–water partition coefficient (Wildman–Crippen LogP) is 1.15. The molecule has 21 heavy (non-hydrogen) atoms. The molecule has 0 aliphatic carbocycles. The van der Waals surface area contributed by atoms with Crippen LogP contribution in [0.4, 0.5) is 10.5 Å². The molecule has 7 heteroatoms. The van der Waals surface area contributed by atoms with Crippen molar-refractivity contribution < 1.29 is 9.59 Å².